The minimum absolute atomic E-state index is 0.652. The summed E-state index contributed by atoms with van der Waals surface area (Å²) in [5.74, 6) is 0. The van der Waals surface area contributed by atoms with Crippen LogP contribution in [0.1, 0.15) is 28.1 Å². The molecule has 0 unspecified atom stereocenters. The molecular weight excluding hydrogens is 328 g/mol. The first-order chi connectivity index (χ1) is 12.0. The van der Waals surface area contributed by atoms with Gasteiger partial charge in [-0.15, -0.1) is 0 Å². The second-order valence-corrected chi connectivity index (χ2v) is 6.56. The fourth-order valence-electron chi connectivity index (χ4n) is 3.01. The fourth-order valence-corrected chi connectivity index (χ4v) is 3.23. The Balaban J connectivity index is 2.10. The van der Waals surface area contributed by atoms with Crippen LogP contribution in [-0.4, -0.2) is 4.57 Å². The standard InChI is InChI=1S/C22H19ClN2/c1-15-8-10-18(11-9-15)20(14-24)13-19-12-16(2)25(17(19)3)22-7-5-4-6-21(22)23/h4-13H,1-3H3/b20-13-. The third kappa shape index (κ3) is 3.38. The van der Waals surface area contributed by atoms with Crippen molar-refractivity contribution in [1.82, 2.24) is 4.57 Å². The molecule has 3 rings (SSSR count). The lowest BCUT2D eigenvalue weighted by molar-refractivity contribution is 0.965. The Bertz CT molecular complexity index is 986. The van der Waals surface area contributed by atoms with Crippen LogP contribution in [0.5, 0.6) is 0 Å². The zero-order valence-electron chi connectivity index (χ0n) is 14.5. The van der Waals surface area contributed by atoms with Crippen LogP contribution in [-0.2, 0) is 0 Å². The number of nitriles is 1. The molecule has 3 heteroatoms. The number of nitrogens with zero attached hydrogens (tertiary/aromatic N) is 2. The van der Waals surface area contributed by atoms with Crippen molar-refractivity contribution in [2.24, 2.45) is 0 Å². The first-order valence-corrected chi connectivity index (χ1v) is 8.51. The van der Waals surface area contributed by atoms with E-state index in [0.29, 0.717) is 10.6 Å². The number of aryl methyl sites for hydroxylation is 2. The second kappa shape index (κ2) is 7.01. The highest BCUT2D eigenvalue weighted by Crippen LogP contribution is 2.28. The molecule has 1 aromatic heterocycles. The number of aromatic nitrogens is 1. The Morgan fingerprint density at radius 1 is 1.04 bits per heavy atom. The van der Waals surface area contributed by atoms with Gasteiger partial charge in [0, 0.05) is 11.4 Å². The maximum atomic E-state index is 9.59. The van der Waals surface area contributed by atoms with Crippen LogP contribution >= 0.6 is 11.6 Å². The van der Waals surface area contributed by atoms with Crippen LogP contribution < -0.4 is 0 Å². The molecule has 1 heterocycles. The molecule has 0 radical (unpaired) electrons. The summed E-state index contributed by atoms with van der Waals surface area (Å²) in [7, 11) is 0. The normalized spacial score (nSPS) is 11.4. The van der Waals surface area contributed by atoms with Gasteiger partial charge in [0.05, 0.1) is 22.4 Å². The Hall–Kier alpha value is -2.76. The van der Waals surface area contributed by atoms with E-state index in [4.69, 9.17) is 11.6 Å². The summed E-state index contributed by atoms with van der Waals surface area (Å²) >= 11 is 6.37. The molecule has 25 heavy (non-hydrogen) atoms. The molecule has 0 N–H and O–H groups in total. The minimum Gasteiger partial charge on any atom is -0.316 e. The Kier molecular flexibility index (Phi) is 4.79. The molecule has 0 saturated carbocycles. The minimum atomic E-state index is 0.652. The number of rotatable bonds is 3. The molecule has 2 aromatic carbocycles. The van der Waals surface area contributed by atoms with E-state index in [9.17, 15) is 5.26 Å². The van der Waals surface area contributed by atoms with E-state index in [1.165, 1.54) is 5.56 Å². The topological polar surface area (TPSA) is 28.7 Å². The summed E-state index contributed by atoms with van der Waals surface area (Å²) in [5.41, 5.74) is 6.87. The highest BCUT2D eigenvalue weighted by molar-refractivity contribution is 6.32. The van der Waals surface area contributed by atoms with Crippen molar-refractivity contribution < 1.29 is 0 Å². The number of para-hydroxylation sites is 1. The van der Waals surface area contributed by atoms with Gasteiger partial charge in [0.15, 0.2) is 0 Å². The molecule has 0 saturated heterocycles. The maximum absolute atomic E-state index is 9.59. The predicted octanol–water partition coefficient (Wildman–Crippen LogP) is 6.12. The van der Waals surface area contributed by atoms with Crippen LogP contribution in [0.15, 0.2) is 54.6 Å². The lowest BCUT2D eigenvalue weighted by Gasteiger charge is -2.11. The van der Waals surface area contributed by atoms with E-state index in [2.05, 4.69) is 16.7 Å². The van der Waals surface area contributed by atoms with Gasteiger partial charge >= 0.3 is 0 Å². The molecule has 0 aliphatic heterocycles. The van der Waals surface area contributed by atoms with Gasteiger partial charge < -0.3 is 4.57 Å². The molecule has 124 valence electrons. The molecule has 0 aliphatic rings. The smallest absolute Gasteiger partial charge is 0.0998 e. The van der Waals surface area contributed by atoms with Crippen molar-refractivity contribution in [3.8, 4) is 11.8 Å². The first-order valence-electron chi connectivity index (χ1n) is 8.14. The van der Waals surface area contributed by atoms with Crippen molar-refractivity contribution in [1.29, 1.82) is 5.26 Å². The van der Waals surface area contributed by atoms with E-state index >= 15 is 0 Å². The van der Waals surface area contributed by atoms with Crippen LogP contribution in [0, 0.1) is 32.1 Å². The highest BCUT2D eigenvalue weighted by atomic mass is 35.5. The molecule has 0 atom stereocenters. The zero-order chi connectivity index (χ0) is 18.0. The van der Waals surface area contributed by atoms with Crippen LogP contribution in [0.25, 0.3) is 17.3 Å². The lowest BCUT2D eigenvalue weighted by atomic mass is 10.0. The van der Waals surface area contributed by atoms with E-state index in [1.54, 1.807) is 0 Å². The van der Waals surface area contributed by atoms with Crippen molar-refractivity contribution in [3.05, 3.63) is 87.7 Å². The van der Waals surface area contributed by atoms with Gasteiger partial charge in [-0.2, -0.15) is 5.26 Å². The van der Waals surface area contributed by atoms with Crippen molar-refractivity contribution in [2.45, 2.75) is 20.8 Å². The van der Waals surface area contributed by atoms with Crippen LogP contribution in [0.3, 0.4) is 0 Å². The summed E-state index contributed by atoms with van der Waals surface area (Å²) in [6, 6.07) is 20.2. The third-order valence-corrected chi connectivity index (χ3v) is 4.67. The lowest BCUT2D eigenvalue weighted by Crippen LogP contribution is -1.99. The second-order valence-electron chi connectivity index (χ2n) is 6.15. The first kappa shape index (κ1) is 17.1. The number of benzene rings is 2. The van der Waals surface area contributed by atoms with Gasteiger partial charge in [-0.05, 0) is 56.2 Å². The van der Waals surface area contributed by atoms with E-state index in [1.807, 2.05) is 75.4 Å². The molecule has 2 nitrogen and oxygen atoms in total. The summed E-state index contributed by atoms with van der Waals surface area (Å²) in [6.07, 6.45) is 1.94. The van der Waals surface area contributed by atoms with Gasteiger partial charge in [-0.25, -0.2) is 0 Å². The number of halogens is 1. The van der Waals surface area contributed by atoms with Gasteiger partial charge in [-0.3, -0.25) is 0 Å². The molecule has 0 fully saturated rings. The van der Waals surface area contributed by atoms with Gasteiger partial charge in [-0.1, -0.05) is 53.6 Å². The highest BCUT2D eigenvalue weighted by Gasteiger charge is 2.12. The van der Waals surface area contributed by atoms with E-state index < -0.39 is 0 Å². The quantitative estimate of drug-likeness (QED) is 0.525. The SMILES string of the molecule is Cc1ccc(/C(C#N)=C\c2cc(C)n(-c3ccccc3Cl)c2C)cc1. The van der Waals surface area contributed by atoms with E-state index in [0.717, 1.165) is 28.2 Å². The largest absolute Gasteiger partial charge is 0.316 e. The molecule has 0 spiro atoms. The average molecular weight is 347 g/mol. The molecule has 0 aliphatic carbocycles. The molecule has 3 aromatic rings. The summed E-state index contributed by atoms with van der Waals surface area (Å²) in [5, 5.41) is 10.3. The Labute approximate surface area is 153 Å². The number of hydrogen-bond donors (Lipinski definition) is 0. The van der Waals surface area contributed by atoms with E-state index in [-0.39, 0.29) is 0 Å². The molecule has 0 bridgehead atoms. The molecular formula is C22H19ClN2. The Morgan fingerprint density at radius 2 is 1.72 bits per heavy atom. The number of hydrogen-bond acceptors (Lipinski definition) is 1. The maximum Gasteiger partial charge on any atom is 0.0998 e. The predicted molar refractivity (Wildman–Crippen MR) is 105 cm³/mol. The number of allylic oxidation sites excluding steroid dienone is 1. The van der Waals surface area contributed by atoms with Crippen molar-refractivity contribution >= 4 is 23.3 Å². The van der Waals surface area contributed by atoms with Crippen molar-refractivity contribution in [2.75, 3.05) is 0 Å². The third-order valence-electron chi connectivity index (χ3n) is 4.35. The summed E-state index contributed by atoms with van der Waals surface area (Å²) < 4.78 is 2.12. The average Bonchev–Trinajstić information content (AvgIpc) is 2.88. The zero-order valence-corrected chi connectivity index (χ0v) is 15.3. The molecule has 0 amide bonds. The van der Waals surface area contributed by atoms with Crippen molar-refractivity contribution in [3.63, 3.8) is 0 Å². The van der Waals surface area contributed by atoms with Gasteiger partial charge in [0.1, 0.15) is 0 Å². The van der Waals surface area contributed by atoms with Crippen LogP contribution in [0.4, 0.5) is 0 Å². The summed E-state index contributed by atoms with van der Waals surface area (Å²) in [6.45, 7) is 6.13. The Morgan fingerprint density at radius 3 is 2.36 bits per heavy atom. The van der Waals surface area contributed by atoms with Gasteiger partial charge in [0.2, 0.25) is 0 Å². The fraction of sp³-hybridized carbons (Fsp3) is 0.136. The summed E-state index contributed by atoms with van der Waals surface area (Å²) in [4.78, 5) is 0. The monoisotopic (exact) mass is 346 g/mol. The van der Waals surface area contributed by atoms with Gasteiger partial charge in [0.25, 0.3) is 0 Å². The van der Waals surface area contributed by atoms with Crippen LogP contribution in [0.2, 0.25) is 5.02 Å².